The molecule has 2 amide bonds. The second kappa shape index (κ2) is 9.66. The number of phenolic OH excluding ortho intramolecular Hbond substituents is 1. The fourth-order valence-electron chi connectivity index (χ4n) is 4.30. The summed E-state index contributed by atoms with van der Waals surface area (Å²) in [5, 5.41) is 49.2. The third kappa shape index (κ3) is 4.47. The SMILES string of the molecule is NC(=O)c1cnn(-c2nc(Nc3ccc(O)c(F)c3)c3ncn([C@@H]4C[C@H](NC(=O)CO)[C@@H](O)[C@H]4O)c3n2)c1. The van der Waals surface area contributed by atoms with E-state index in [2.05, 4.69) is 30.7 Å². The highest BCUT2D eigenvalue weighted by Crippen LogP contribution is 2.35. The number of aliphatic hydroxyl groups is 3. The van der Waals surface area contributed by atoms with Crippen LogP contribution in [0.3, 0.4) is 0 Å². The zero-order chi connectivity index (χ0) is 27.1. The highest BCUT2D eigenvalue weighted by Gasteiger charge is 2.43. The van der Waals surface area contributed by atoms with Crippen molar-refractivity contribution >= 4 is 34.5 Å². The number of fused-ring (bicyclic) bond motifs is 1. The summed E-state index contributed by atoms with van der Waals surface area (Å²) >= 11 is 0. The number of hydrogen-bond acceptors (Lipinski definition) is 11. The molecule has 1 aliphatic rings. The van der Waals surface area contributed by atoms with Crippen molar-refractivity contribution in [2.24, 2.45) is 5.73 Å². The molecule has 3 heterocycles. The van der Waals surface area contributed by atoms with Crippen LogP contribution < -0.4 is 16.4 Å². The van der Waals surface area contributed by atoms with Crippen LogP contribution in [-0.2, 0) is 4.79 Å². The molecule has 0 bridgehead atoms. The van der Waals surface area contributed by atoms with Crippen molar-refractivity contribution in [3.05, 3.63) is 48.3 Å². The molecule has 0 unspecified atom stereocenters. The standard InChI is InChI=1S/C22H22FN9O6/c23-11-3-10(1-2-14(11)34)27-20-16-21(30-22(29-20)32-6-9(5-26-32)19(24)38)31(8-25-16)13-4-12(17(36)18(13)37)28-15(35)7-33/h1-3,5-6,8,12-13,17-18,33-34,36-37H,4,7H2,(H2,24,38)(H,28,35)(H,27,29,30)/t12-,13+,17+,18-/m0/s1. The van der Waals surface area contributed by atoms with Crippen LogP contribution in [0.15, 0.2) is 36.9 Å². The monoisotopic (exact) mass is 527 g/mol. The van der Waals surface area contributed by atoms with Crippen LogP contribution in [0.4, 0.5) is 15.9 Å². The molecule has 0 spiro atoms. The van der Waals surface area contributed by atoms with E-state index in [4.69, 9.17) is 10.8 Å². The number of nitrogens with one attached hydrogen (secondary N) is 2. The van der Waals surface area contributed by atoms with Crippen LogP contribution in [0.25, 0.3) is 17.1 Å². The lowest BCUT2D eigenvalue weighted by Gasteiger charge is -2.18. The van der Waals surface area contributed by atoms with Crippen LogP contribution in [-0.4, -0.2) is 86.4 Å². The number of halogens is 1. The summed E-state index contributed by atoms with van der Waals surface area (Å²) in [7, 11) is 0. The average Bonchev–Trinajstić information content (AvgIpc) is 3.61. The topological polar surface area (TPSA) is 227 Å². The van der Waals surface area contributed by atoms with Crippen LogP contribution >= 0.6 is 0 Å². The highest BCUT2D eigenvalue weighted by atomic mass is 19.1. The molecule has 1 aliphatic carbocycles. The third-order valence-electron chi connectivity index (χ3n) is 6.19. The number of benzene rings is 1. The number of carbonyl (C=O) groups excluding carboxylic acids is 2. The maximum Gasteiger partial charge on any atom is 0.254 e. The summed E-state index contributed by atoms with van der Waals surface area (Å²) in [6, 6.07) is 1.96. The number of primary amides is 1. The van der Waals surface area contributed by atoms with Crippen LogP contribution in [0.5, 0.6) is 5.75 Å². The Bertz CT molecular complexity index is 1540. The number of phenols is 1. The molecular formula is C22H22FN9O6. The predicted octanol–water partition coefficient (Wildman–Crippen LogP) is -1.16. The number of aromatic nitrogens is 6. The van der Waals surface area contributed by atoms with Gasteiger partial charge in [0.25, 0.3) is 11.9 Å². The van der Waals surface area contributed by atoms with E-state index in [0.717, 1.165) is 12.1 Å². The van der Waals surface area contributed by atoms with Gasteiger partial charge >= 0.3 is 0 Å². The van der Waals surface area contributed by atoms with E-state index in [1.54, 1.807) is 0 Å². The summed E-state index contributed by atoms with van der Waals surface area (Å²) < 4.78 is 16.6. The number of aliphatic hydroxyl groups excluding tert-OH is 3. The fourth-order valence-corrected chi connectivity index (χ4v) is 4.30. The Balaban J connectivity index is 1.60. The summed E-state index contributed by atoms with van der Waals surface area (Å²) in [5.74, 6) is -2.78. The normalized spacial score (nSPS) is 21.1. The molecule has 8 N–H and O–H groups in total. The summed E-state index contributed by atoms with van der Waals surface area (Å²) in [4.78, 5) is 36.4. The lowest BCUT2D eigenvalue weighted by atomic mass is 10.2. The smallest absolute Gasteiger partial charge is 0.254 e. The number of aromatic hydroxyl groups is 1. The maximum atomic E-state index is 14.0. The molecule has 5 rings (SSSR count). The zero-order valence-electron chi connectivity index (χ0n) is 19.4. The van der Waals surface area contributed by atoms with Crippen molar-refractivity contribution < 1.29 is 34.4 Å². The van der Waals surface area contributed by atoms with Gasteiger partial charge in [-0.2, -0.15) is 15.1 Å². The largest absolute Gasteiger partial charge is 0.505 e. The Morgan fingerprint density at radius 3 is 2.68 bits per heavy atom. The van der Waals surface area contributed by atoms with E-state index in [1.165, 1.54) is 34.0 Å². The lowest BCUT2D eigenvalue weighted by Crippen LogP contribution is -2.44. The second-order valence-electron chi connectivity index (χ2n) is 8.64. The molecule has 198 valence electrons. The van der Waals surface area contributed by atoms with Gasteiger partial charge in [-0.1, -0.05) is 0 Å². The molecule has 15 nitrogen and oxygen atoms in total. The Kier molecular flexibility index (Phi) is 6.35. The van der Waals surface area contributed by atoms with Gasteiger partial charge in [-0.05, 0) is 18.6 Å². The molecule has 1 aromatic carbocycles. The number of nitrogens with zero attached hydrogens (tertiary/aromatic N) is 6. The van der Waals surface area contributed by atoms with E-state index in [9.17, 15) is 29.3 Å². The van der Waals surface area contributed by atoms with Gasteiger partial charge in [-0.25, -0.2) is 14.1 Å². The van der Waals surface area contributed by atoms with Crippen molar-refractivity contribution in [1.82, 2.24) is 34.6 Å². The zero-order valence-corrected chi connectivity index (χ0v) is 19.4. The number of imidazole rings is 1. The summed E-state index contributed by atoms with van der Waals surface area (Å²) in [5.41, 5.74) is 6.02. The van der Waals surface area contributed by atoms with Gasteiger partial charge in [0.2, 0.25) is 5.91 Å². The molecule has 16 heteroatoms. The van der Waals surface area contributed by atoms with Gasteiger partial charge in [-0.3, -0.25) is 9.59 Å². The first-order chi connectivity index (χ1) is 18.2. The van der Waals surface area contributed by atoms with E-state index >= 15 is 0 Å². The van der Waals surface area contributed by atoms with Gasteiger partial charge in [-0.15, -0.1) is 0 Å². The van der Waals surface area contributed by atoms with Crippen molar-refractivity contribution in [2.75, 3.05) is 11.9 Å². The molecule has 1 saturated carbocycles. The van der Waals surface area contributed by atoms with E-state index in [-0.39, 0.29) is 40.6 Å². The third-order valence-corrected chi connectivity index (χ3v) is 6.19. The van der Waals surface area contributed by atoms with Crippen molar-refractivity contribution in [1.29, 1.82) is 0 Å². The average molecular weight is 527 g/mol. The minimum Gasteiger partial charge on any atom is -0.505 e. The quantitative estimate of drug-likeness (QED) is 0.142. The Morgan fingerprint density at radius 1 is 1.21 bits per heavy atom. The van der Waals surface area contributed by atoms with Gasteiger partial charge in [0.15, 0.2) is 28.5 Å². The molecule has 3 aromatic heterocycles. The van der Waals surface area contributed by atoms with E-state index in [1.807, 2.05) is 0 Å². The number of carbonyl (C=O) groups is 2. The van der Waals surface area contributed by atoms with Crippen molar-refractivity contribution in [3.63, 3.8) is 0 Å². The number of amides is 2. The maximum absolute atomic E-state index is 14.0. The van der Waals surface area contributed by atoms with Gasteiger partial charge in [0.05, 0.1) is 30.2 Å². The molecule has 4 aromatic rings. The van der Waals surface area contributed by atoms with Crippen molar-refractivity contribution in [2.45, 2.75) is 30.7 Å². The predicted molar refractivity (Wildman–Crippen MR) is 127 cm³/mol. The number of anilines is 2. The van der Waals surface area contributed by atoms with Gasteiger partial charge in [0, 0.05) is 18.0 Å². The lowest BCUT2D eigenvalue weighted by molar-refractivity contribution is -0.125. The number of nitrogens with two attached hydrogens (primary N) is 1. The van der Waals surface area contributed by atoms with Gasteiger partial charge in [0.1, 0.15) is 18.8 Å². The fraction of sp³-hybridized carbons (Fsp3) is 0.273. The highest BCUT2D eigenvalue weighted by molar-refractivity contribution is 5.92. The molecule has 0 aliphatic heterocycles. The molecule has 0 saturated heterocycles. The van der Waals surface area contributed by atoms with Gasteiger partial charge < -0.3 is 41.4 Å². The number of hydrogen-bond donors (Lipinski definition) is 7. The van der Waals surface area contributed by atoms with Crippen LogP contribution in [0.1, 0.15) is 22.8 Å². The Hall–Kier alpha value is -4.67. The van der Waals surface area contributed by atoms with Crippen LogP contribution in [0.2, 0.25) is 0 Å². The Morgan fingerprint density at radius 2 is 2.00 bits per heavy atom. The minimum atomic E-state index is -1.34. The molecule has 0 radical (unpaired) electrons. The first kappa shape index (κ1) is 25.0. The molecule has 1 fully saturated rings. The van der Waals surface area contributed by atoms with E-state index < -0.39 is 54.3 Å². The van der Waals surface area contributed by atoms with Crippen molar-refractivity contribution in [3.8, 4) is 11.7 Å². The second-order valence-corrected chi connectivity index (χ2v) is 8.64. The first-order valence-corrected chi connectivity index (χ1v) is 11.3. The number of rotatable bonds is 7. The first-order valence-electron chi connectivity index (χ1n) is 11.3. The summed E-state index contributed by atoms with van der Waals surface area (Å²) in [6.07, 6.45) is 1.31. The van der Waals surface area contributed by atoms with E-state index in [0.29, 0.717) is 0 Å². The molecule has 38 heavy (non-hydrogen) atoms. The molecule has 4 atom stereocenters. The van der Waals surface area contributed by atoms with Crippen LogP contribution in [0, 0.1) is 5.82 Å². The molecular weight excluding hydrogens is 505 g/mol. The Labute approximate surface area is 212 Å². The summed E-state index contributed by atoms with van der Waals surface area (Å²) in [6.45, 7) is -0.779. The minimum absolute atomic E-state index is 0.0355.